The fourth-order valence-corrected chi connectivity index (χ4v) is 1.82. The highest BCUT2D eigenvalue weighted by Gasteiger charge is 2.00. The second kappa shape index (κ2) is 4.99. The van der Waals surface area contributed by atoms with E-state index < -0.39 is 0 Å². The zero-order valence-corrected chi connectivity index (χ0v) is 8.70. The molecule has 0 atom stereocenters. The molecule has 0 aliphatic heterocycles. The van der Waals surface area contributed by atoms with E-state index in [0.717, 1.165) is 0 Å². The summed E-state index contributed by atoms with van der Waals surface area (Å²) in [5.41, 5.74) is 0. The lowest BCUT2D eigenvalue weighted by Gasteiger charge is -2.01. The maximum Gasteiger partial charge on any atom is 0.234 e. The molecule has 0 radical (unpaired) electrons. The molecule has 0 bridgehead atoms. The van der Waals surface area contributed by atoms with E-state index in [4.69, 9.17) is 0 Å². The van der Waals surface area contributed by atoms with Crippen LogP contribution in [0.15, 0.2) is 12.1 Å². The normalized spacial score (nSPS) is 10.0. The van der Waals surface area contributed by atoms with Crippen molar-refractivity contribution in [2.45, 2.75) is 13.5 Å². The number of hydrogen-bond acceptors (Lipinski definition) is 3. The van der Waals surface area contributed by atoms with Gasteiger partial charge >= 0.3 is 0 Å². The van der Waals surface area contributed by atoms with Gasteiger partial charge in [0.2, 0.25) is 5.91 Å². The fourth-order valence-electron chi connectivity index (χ4n) is 0.989. The molecule has 13 heavy (non-hydrogen) atoms. The molecule has 0 aromatic carbocycles. The predicted octanol–water partition coefficient (Wildman–Crippen LogP) is 0.892. The van der Waals surface area contributed by atoms with Crippen molar-refractivity contribution in [2.75, 3.05) is 13.6 Å². The molecule has 0 aliphatic rings. The molecule has 72 valence electrons. The van der Waals surface area contributed by atoms with Crippen LogP contribution in [0.2, 0.25) is 0 Å². The zero-order valence-electron chi connectivity index (χ0n) is 7.89. The maximum absolute atomic E-state index is 11.1. The molecule has 2 N–H and O–H groups in total. The molecule has 1 heterocycles. The Labute approximate surface area is 82.2 Å². The Morgan fingerprint density at radius 1 is 1.54 bits per heavy atom. The molecule has 1 amide bonds. The van der Waals surface area contributed by atoms with Gasteiger partial charge in [0.1, 0.15) is 0 Å². The van der Waals surface area contributed by atoms with Crippen LogP contribution in [0.4, 0.5) is 0 Å². The summed E-state index contributed by atoms with van der Waals surface area (Å²) in [6, 6.07) is 4.10. The molecule has 0 aliphatic carbocycles. The average molecular weight is 198 g/mol. The highest BCUT2D eigenvalue weighted by Crippen LogP contribution is 2.14. The van der Waals surface area contributed by atoms with Gasteiger partial charge in [0.15, 0.2) is 0 Å². The number of likely N-dealkylation sites (N-methyl/N-ethyl adjacent to an activating group) is 1. The molecule has 0 fully saturated rings. The van der Waals surface area contributed by atoms with Gasteiger partial charge in [-0.25, -0.2) is 0 Å². The van der Waals surface area contributed by atoms with E-state index in [1.807, 2.05) is 6.07 Å². The quantitative estimate of drug-likeness (QED) is 0.754. The summed E-state index contributed by atoms with van der Waals surface area (Å²) in [7, 11) is 1.76. The number of rotatable bonds is 4. The lowest BCUT2D eigenvalue weighted by Crippen LogP contribution is -2.31. The molecule has 0 unspecified atom stereocenters. The largest absolute Gasteiger partial charge is 0.350 e. The number of carbonyl (C=O) groups is 1. The maximum atomic E-state index is 11.1. The summed E-state index contributed by atoms with van der Waals surface area (Å²) in [6.45, 7) is 3.08. The van der Waals surface area contributed by atoms with Crippen LogP contribution in [0.1, 0.15) is 9.75 Å². The number of hydrogen-bond donors (Lipinski definition) is 2. The molecule has 1 rings (SSSR count). The van der Waals surface area contributed by atoms with Gasteiger partial charge in [-0.05, 0) is 26.1 Å². The molecule has 0 saturated carbocycles. The van der Waals surface area contributed by atoms with Crippen LogP contribution in [0.3, 0.4) is 0 Å². The Morgan fingerprint density at radius 3 is 2.85 bits per heavy atom. The zero-order chi connectivity index (χ0) is 9.68. The van der Waals surface area contributed by atoms with Gasteiger partial charge in [0.25, 0.3) is 0 Å². The molecular formula is C9H14N2OS. The van der Waals surface area contributed by atoms with Gasteiger partial charge in [0, 0.05) is 9.75 Å². The van der Waals surface area contributed by atoms with Gasteiger partial charge in [0.05, 0.1) is 13.1 Å². The van der Waals surface area contributed by atoms with Gasteiger partial charge in [-0.1, -0.05) is 0 Å². The van der Waals surface area contributed by atoms with E-state index in [9.17, 15) is 4.79 Å². The molecule has 1 aromatic rings. The van der Waals surface area contributed by atoms with Crippen molar-refractivity contribution in [1.29, 1.82) is 0 Å². The molecule has 4 heteroatoms. The average Bonchev–Trinajstić information content (AvgIpc) is 2.49. The lowest BCUT2D eigenvalue weighted by atomic mass is 10.4. The molecular weight excluding hydrogens is 184 g/mol. The second-order valence-electron chi connectivity index (χ2n) is 2.82. The van der Waals surface area contributed by atoms with Gasteiger partial charge in [-0.15, -0.1) is 11.3 Å². The van der Waals surface area contributed by atoms with Crippen LogP contribution in [0.25, 0.3) is 0 Å². The summed E-state index contributed by atoms with van der Waals surface area (Å²) in [5, 5.41) is 5.62. The van der Waals surface area contributed by atoms with E-state index >= 15 is 0 Å². The van der Waals surface area contributed by atoms with Crippen molar-refractivity contribution in [1.82, 2.24) is 10.6 Å². The minimum absolute atomic E-state index is 0.0357. The number of carbonyl (C=O) groups excluding carboxylic acids is 1. The van der Waals surface area contributed by atoms with Crippen LogP contribution in [-0.4, -0.2) is 19.5 Å². The lowest BCUT2D eigenvalue weighted by molar-refractivity contribution is -0.120. The molecule has 1 aromatic heterocycles. The first kappa shape index (κ1) is 10.2. The van der Waals surface area contributed by atoms with E-state index in [2.05, 4.69) is 23.6 Å². The molecule has 0 spiro atoms. The van der Waals surface area contributed by atoms with Crippen LogP contribution in [0, 0.1) is 6.92 Å². The summed E-state index contributed by atoms with van der Waals surface area (Å²) < 4.78 is 0. The number of amides is 1. The second-order valence-corrected chi connectivity index (χ2v) is 4.19. The summed E-state index contributed by atoms with van der Waals surface area (Å²) in [6.07, 6.45) is 0. The highest BCUT2D eigenvalue weighted by molar-refractivity contribution is 7.11. The van der Waals surface area contributed by atoms with Gasteiger partial charge < -0.3 is 10.6 Å². The van der Waals surface area contributed by atoms with E-state index in [1.165, 1.54) is 9.75 Å². The fraction of sp³-hybridized carbons (Fsp3) is 0.444. The highest BCUT2D eigenvalue weighted by atomic mass is 32.1. The summed E-state index contributed by atoms with van der Waals surface area (Å²) in [5.74, 6) is 0.0357. The topological polar surface area (TPSA) is 41.1 Å². The Bertz CT molecular complexity index is 283. The van der Waals surface area contributed by atoms with Crippen molar-refractivity contribution in [3.63, 3.8) is 0 Å². The van der Waals surface area contributed by atoms with Crippen molar-refractivity contribution in [2.24, 2.45) is 0 Å². The summed E-state index contributed by atoms with van der Waals surface area (Å²) in [4.78, 5) is 13.5. The standard InChI is InChI=1S/C9H14N2OS/c1-7-3-4-8(13-7)5-11-9(12)6-10-2/h3-4,10H,5-6H2,1-2H3,(H,11,12). The monoisotopic (exact) mass is 198 g/mol. The van der Waals surface area contributed by atoms with E-state index in [1.54, 1.807) is 18.4 Å². The number of aryl methyl sites for hydroxylation is 1. The third-order valence-electron chi connectivity index (χ3n) is 1.59. The van der Waals surface area contributed by atoms with Crippen LogP contribution >= 0.6 is 11.3 Å². The molecule has 3 nitrogen and oxygen atoms in total. The van der Waals surface area contributed by atoms with E-state index in [0.29, 0.717) is 13.1 Å². The van der Waals surface area contributed by atoms with Crippen LogP contribution < -0.4 is 10.6 Å². The van der Waals surface area contributed by atoms with Crippen LogP contribution in [0.5, 0.6) is 0 Å². The summed E-state index contributed by atoms with van der Waals surface area (Å²) >= 11 is 1.71. The van der Waals surface area contributed by atoms with Gasteiger partial charge in [-0.2, -0.15) is 0 Å². The third-order valence-corrected chi connectivity index (χ3v) is 2.59. The Kier molecular flexibility index (Phi) is 3.92. The minimum atomic E-state index is 0.0357. The minimum Gasteiger partial charge on any atom is -0.350 e. The Morgan fingerprint density at radius 2 is 2.31 bits per heavy atom. The first-order valence-corrected chi connectivity index (χ1v) is 5.00. The third kappa shape index (κ3) is 3.57. The predicted molar refractivity (Wildman–Crippen MR) is 54.8 cm³/mol. The van der Waals surface area contributed by atoms with Crippen molar-refractivity contribution in [3.05, 3.63) is 21.9 Å². The number of nitrogens with one attached hydrogen (secondary N) is 2. The first-order chi connectivity index (χ1) is 6.22. The van der Waals surface area contributed by atoms with Crippen LogP contribution in [-0.2, 0) is 11.3 Å². The molecule has 0 saturated heterocycles. The first-order valence-electron chi connectivity index (χ1n) is 4.19. The van der Waals surface area contributed by atoms with Crippen molar-refractivity contribution in [3.8, 4) is 0 Å². The number of thiophene rings is 1. The van der Waals surface area contributed by atoms with Crippen molar-refractivity contribution >= 4 is 17.2 Å². The Balaban J connectivity index is 2.30. The van der Waals surface area contributed by atoms with Crippen molar-refractivity contribution < 1.29 is 4.79 Å². The van der Waals surface area contributed by atoms with Gasteiger partial charge in [-0.3, -0.25) is 4.79 Å². The smallest absolute Gasteiger partial charge is 0.234 e. The Hall–Kier alpha value is -0.870. The SMILES string of the molecule is CNCC(=O)NCc1ccc(C)s1. The van der Waals surface area contributed by atoms with E-state index in [-0.39, 0.29) is 5.91 Å².